The van der Waals surface area contributed by atoms with Crippen LogP contribution in [0.25, 0.3) is 0 Å². The second-order valence-electron chi connectivity index (χ2n) is 6.35. The third kappa shape index (κ3) is 4.13. The highest BCUT2D eigenvalue weighted by Gasteiger charge is 2.22. The van der Waals surface area contributed by atoms with Gasteiger partial charge in [-0.25, -0.2) is 9.48 Å². The fraction of sp³-hybridized carbons (Fsp3) is 0.500. The topological polar surface area (TPSA) is 55.5 Å². The van der Waals surface area contributed by atoms with Gasteiger partial charge >= 0.3 is 6.09 Å². The molecule has 1 saturated heterocycles. The van der Waals surface area contributed by atoms with Crippen molar-refractivity contribution in [3.63, 3.8) is 0 Å². The lowest BCUT2D eigenvalue weighted by atomic mass is 10.1. The summed E-state index contributed by atoms with van der Waals surface area (Å²) in [4.78, 5) is 15.8. The van der Waals surface area contributed by atoms with E-state index in [4.69, 9.17) is 17.0 Å². The molecule has 8 heteroatoms. The van der Waals surface area contributed by atoms with E-state index in [-0.39, 0.29) is 12.1 Å². The summed E-state index contributed by atoms with van der Waals surface area (Å²) in [5, 5.41) is 4.47. The molecular weight excluding hydrogens is 350 g/mol. The van der Waals surface area contributed by atoms with Crippen molar-refractivity contribution in [2.45, 2.75) is 26.6 Å². The first-order valence-electron chi connectivity index (χ1n) is 8.93. The van der Waals surface area contributed by atoms with Gasteiger partial charge in [0.05, 0.1) is 19.3 Å². The number of ether oxygens (including phenoxy) is 1. The van der Waals surface area contributed by atoms with Gasteiger partial charge in [-0.1, -0.05) is 30.3 Å². The summed E-state index contributed by atoms with van der Waals surface area (Å²) >= 11 is 5.62. The highest BCUT2D eigenvalue weighted by atomic mass is 32.1. The second-order valence-corrected chi connectivity index (χ2v) is 6.72. The molecule has 7 nitrogen and oxygen atoms in total. The summed E-state index contributed by atoms with van der Waals surface area (Å²) < 4.78 is 9.62. The third-order valence-electron chi connectivity index (χ3n) is 4.69. The average Bonchev–Trinajstić information content (AvgIpc) is 3.03. The molecule has 140 valence electrons. The zero-order valence-corrected chi connectivity index (χ0v) is 16.1. The summed E-state index contributed by atoms with van der Waals surface area (Å²) in [6, 6.07) is 10.4. The predicted molar refractivity (Wildman–Crippen MR) is 101 cm³/mol. The monoisotopic (exact) mass is 375 g/mol. The molecule has 0 saturated carbocycles. The largest absolute Gasteiger partial charge is 0.450 e. The van der Waals surface area contributed by atoms with Crippen LogP contribution < -0.4 is 0 Å². The standard InChI is InChI=1S/C18H25N5O2S/c1-3-25-18(24)21-11-9-20(10-12-21)14-23-17(26)22(13-19-23)15(2)16-7-5-4-6-8-16/h4-8,13,15H,3,9-12,14H2,1-2H3. The zero-order chi connectivity index (χ0) is 18.5. The number of rotatable bonds is 5. The first-order chi connectivity index (χ1) is 12.6. The van der Waals surface area contributed by atoms with Gasteiger partial charge < -0.3 is 9.64 Å². The molecule has 1 fully saturated rings. The maximum absolute atomic E-state index is 11.8. The third-order valence-corrected chi connectivity index (χ3v) is 5.11. The lowest BCUT2D eigenvalue weighted by Crippen LogP contribution is -2.49. The molecule has 0 N–H and O–H groups in total. The van der Waals surface area contributed by atoms with Crippen LogP contribution in [0.2, 0.25) is 0 Å². The number of hydrogen-bond acceptors (Lipinski definition) is 5. The maximum Gasteiger partial charge on any atom is 0.409 e. The summed E-state index contributed by atoms with van der Waals surface area (Å²) in [6.45, 7) is 7.86. The summed E-state index contributed by atoms with van der Waals surface area (Å²) in [5.41, 5.74) is 1.20. The molecule has 0 bridgehead atoms. The fourth-order valence-corrected chi connectivity index (χ4v) is 3.39. The summed E-state index contributed by atoms with van der Waals surface area (Å²) in [5.74, 6) is 0. The van der Waals surface area contributed by atoms with Crippen molar-refractivity contribution in [2.24, 2.45) is 0 Å². The van der Waals surface area contributed by atoms with Crippen LogP contribution in [0.5, 0.6) is 0 Å². The quantitative estimate of drug-likeness (QED) is 0.752. The minimum Gasteiger partial charge on any atom is -0.450 e. The molecule has 1 atom stereocenters. The molecule has 1 aromatic carbocycles. The van der Waals surface area contributed by atoms with E-state index in [1.807, 2.05) is 34.4 Å². The van der Waals surface area contributed by atoms with Crippen LogP contribution in [0.3, 0.4) is 0 Å². The molecule has 1 aliphatic heterocycles. The van der Waals surface area contributed by atoms with Gasteiger partial charge in [0.25, 0.3) is 0 Å². The lowest BCUT2D eigenvalue weighted by Gasteiger charge is -2.33. The van der Waals surface area contributed by atoms with E-state index >= 15 is 0 Å². The first-order valence-corrected chi connectivity index (χ1v) is 9.34. The SMILES string of the molecule is CCOC(=O)N1CCN(Cn2ncn(C(C)c3ccccc3)c2=S)CC1. The zero-order valence-electron chi connectivity index (χ0n) is 15.2. The van der Waals surface area contributed by atoms with Crippen molar-refractivity contribution >= 4 is 18.3 Å². The first kappa shape index (κ1) is 18.6. The summed E-state index contributed by atoms with van der Waals surface area (Å²) in [7, 11) is 0. The van der Waals surface area contributed by atoms with Crippen LogP contribution in [-0.4, -0.2) is 63.0 Å². The average molecular weight is 375 g/mol. The van der Waals surface area contributed by atoms with Crippen LogP contribution in [0, 0.1) is 4.77 Å². The number of nitrogens with zero attached hydrogens (tertiary/aromatic N) is 5. The molecule has 2 heterocycles. The van der Waals surface area contributed by atoms with E-state index in [9.17, 15) is 4.79 Å². The van der Waals surface area contributed by atoms with Gasteiger partial charge in [-0.2, -0.15) is 5.10 Å². The number of hydrogen-bond donors (Lipinski definition) is 0. The van der Waals surface area contributed by atoms with Gasteiger partial charge in [-0.3, -0.25) is 9.47 Å². The van der Waals surface area contributed by atoms with Gasteiger partial charge in [0.2, 0.25) is 0 Å². The van der Waals surface area contributed by atoms with E-state index < -0.39 is 0 Å². The van der Waals surface area contributed by atoms with E-state index in [0.29, 0.717) is 31.1 Å². The Labute approximate surface area is 158 Å². The van der Waals surface area contributed by atoms with Crippen LogP contribution in [0.15, 0.2) is 36.7 Å². The summed E-state index contributed by atoms with van der Waals surface area (Å²) in [6.07, 6.45) is 1.57. The Kier molecular flexibility index (Phi) is 6.05. The number of piperazine rings is 1. The van der Waals surface area contributed by atoms with Crippen molar-refractivity contribution in [3.8, 4) is 0 Å². The van der Waals surface area contributed by atoms with Crippen LogP contribution in [-0.2, 0) is 11.4 Å². The molecule has 1 aliphatic rings. The number of benzene rings is 1. The van der Waals surface area contributed by atoms with Crippen LogP contribution in [0.4, 0.5) is 4.79 Å². The number of carbonyl (C=O) groups is 1. The van der Waals surface area contributed by atoms with Gasteiger partial charge in [0.1, 0.15) is 6.33 Å². The maximum atomic E-state index is 11.8. The van der Waals surface area contributed by atoms with Crippen molar-refractivity contribution in [1.82, 2.24) is 24.1 Å². The number of aromatic nitrogens is 3. The number of carbonyl (C=O) groups excluding carboxylic acids is 1. The second kappa shape index (κ2) is 8.46. The van der Waals surface area contributed by atoms with Crippen molar-refractivity contribution in [2.75, 3.05) is 32.8 Å². The van der Waals surface area contributed by atoms with Gasteiger partial charge in [-0.15, -0.1) is 0 Å². The van der Waals surface area contributed by atoms with Gasteiger partial charge in [0.15, 0.2) is 4.77 Å². The highest BCUT2D eigenvalue weighted by molar-refractivity contribution is 7.71. The molecular formula is C18H25N5O2S. The lowest BCUT2D eigenvalue weighted by molar-refractivity contribution is 0.0690. The Morgan fingerprint density at radius 2 is 1.92 bits per heavy atom. The number of amides is 1. The van der Waals surface area contributed by atoms with E-state index in [2.05, 4.69) is 29.1 Å². The fourth-order valence-electron chi connectivity index (χ4n) is 3.08. The molecule has 2 aromatic rings. The Balaban J connectivity index is 1.61. The minimum absolute atomic E-state index is 0.137. The Bertz CT molecular complexity index is 780. The Hall–Kier alpha value is -2.19. The molecule has 3 rings (SSSR count). The predicted octanol–water partition coefficient (Wildman–Crippen LogP) is 2.75. The van der Waals surface area contributed by atoms with Gasteiger partial charge in [0, 0.05) is 26.2 Å². The van der Waals surface area contributed by atoms with Crippen molar-refractivity contribution in [1.29, 1.82) is 0 Å². The van der Waals surface area contributed by atoms with E-state index in [0.717, 1.165) is 13.1 Å². The van der Waals surface area contributed by atoms with Crippen LogP contribution >= 0.6 is 12.2 Å². The van der Waals surface area contributed by atoms with Gasteiger partial charge in [-0.05, 0) is 31.6 Å². The molecule has 1 unspecified atom stereocenters. The molecule has 0 spiro atoms. The molecule has 0 aliphatic carbocycles. The normalized spacial score (nSPS) is 16.5. The Morgan fingerprint density at radius 1 is 1.23 bits per heavy atom. The smallest absolute Gasteiger partial charge is 0.409 e. The molecule has 1 aromatic heterocycles. The van der Waals surface area contributed by atoms with Crippen LogP contribution in [0.1, 0.15) is 25.5 Å². The Morgan fingerprint density at radius 3 is 2.58 bits per heavy atom. The highest BCUT2D eigenvalue weighted by Crippen LogP contribution is 2.18. The van der Waals surface area contributed by atoms with Crippen molar-refractivity contribution < 1.29 is 9.53 Å². The minimum atomic E-state index is -0.232. The molecule has 0 radical (unpaired) electrons. The van der Waals surface area contributed by atoms with Crippen molar-refractivity contribution in [3.05, 3.63) is 47.0 Å². The van der Waals surface area contributed by atoms with E-state index in [1.54, 1.807) is 11.2 Å². The molecule has 26 heavy (non-hydrogen) atoms. The van der Waals surface area contributed by atoms with E-state index in [1.165, 1.54) is 5.56 Å². The molecule has 1 amide bonds.